The highest BCUT2D eigenvalue weighted by Crippen LogP contribution is 2.23. The molecule has 0 unspecified atom stereocenters. The van der Waals surface area contributed by atoms with Gasteiger partial charge in [-0.3, -0.25) is 19.4 Å². The molecule has 0 spiro atoms. The maximum absolute atomic E-state index is 12.7. The van der Waals surface area contributed by atoms with Crippen LogP contribution in [0.25, 0.3) is 32.9 Å². The summed E-state index contributed by atoms with van der Waals surface area (Å²) in [6, 6.07) is 13.0. The fourth-order valence-corrected chi connectivity index (χ4v) is 3.23. The van der Waals surface area contributed by atoms with E-state index in [4.69, 9.17) is 0 Å². The van der Waals surface area contributed by atoms with Crippen LogP contribution in [0.1, 0.15) is 10.4 Å². The summed E-state index contributed by atoms with van der Waals surface area (Å²) < 4.78 is 1.75. The number of benzene rings is 1. The van der Waals surface area contributed by atoms with E-state index in [-0.39, 0.29) is 5.91 Å². The molecule has 0 aliphatic carbocycles. The molecular weight excluding hydrogens is 364 g/mol. The van der Waals surface area contributed by atoms with E-state index in [0.717, 1.165) is 32.9 Å². The standard InChI is InChI=1S/C22H16N6O/c1-28-13-18(11-26-28)17-8-16-9-21(25-12-20(16)24-10-17)27-22(29)15-4-5-19-14(7-15)3-2-6-23-19/h2-13H,1H3,(H,25,27,29). The van der Waals surface area contributed by atoms with E-state index in [1.54, 1.807) is 35.5 Å². The Morgan fingerprint density at radius 1 is 0.897 bits per heavy atom. The van der Waals surface area contributed by atoms with E-state index in [1.165, 1.54) is 0 Å². The number of amides is 1. The highest BCUT2D eigenvalue weighted by atomic mass is 16.1. The number of hydrogen-bond donors (Lipinski definition) is 1. The van der Waals surface area contributed by atoms with E-state index in [1.807, 2.05) is 49.6 Å². The van der Waals surface area contributed by atoms with E-state index in [9.17, 15) is 4.79 Å². The third-order valence-corrected chi connectivity index (χ3v) is 4.71. The summed E-state index contributed by atoms with van der Waals surface area (Å²) in [5, 5.41) is 8.87. The van der Waals surface area contributed by atoms with Gasteiger partial charge < -0.3 is 5.32 Å². The van der Waals surface area contributed by atoms with Gasteiger partial charge in [-0.15, -0.1) is 0 Å². The summed E-state index contributed by atoms with van der Waals surface area (Å²) in [7, 11) is 1.87. The first-order chi connectivity index (χ1) is 14.2. The van der Waals surface area contributed by atoms with Gasteiger partial charge in [0.1, 0.15) is 5.82 Å². The molecule has 0 radical (unpaired) electrons. The smallest absolute Gasteiger partial charge is 0.256 e. The third-order valence-electron chi connectivity index (χ3n) is 4.71. The molecule has 7 heteroatoms. The second-order valence-electron chi connectivity index (χ2n) is 6.75. The molecule has 0 bridgehead atoms. The van der Waals surface area contributed by atoms with Crippen LogP contribution in [0, 0.1) is 0 Å². The lowest BCUT2D eigenvalue weighted by Crippen LogP contribution is -2.12. The molecule has 4 heterocycles. The average molecular weight is 380 g/mol. The number of rotatable bonds is 3. The fraction of sp³-hybridized carbons (Fsp3) is 0.0455. The van der Waals surface area contributed by atoms with Gasteiger partial charge in [0.05, 0.1) is 23.4 Å². The van der Waals surface area contributed by atoms with Gasteiger partial charge in [-0.1, -0.05) is 6.07 Å². The molecule has 1 N–H and O–H groups in total. The molecule has 0 saturated heterocycles. The molecule has 0 fully saturated rings. The largest absolute Gasteiger partial charge is 0.307 e. The summed E-state index contributed by atoms with van der Waals surface area (Å²) in [4.78, 5) is 25.7. The minimum atomic E-state index is -0.223. The van der Waals surface area contributed by atoms with Crippen molar-refractivity contribution in [3.05, 3.63) is 79.0 Å². The highest BCUT2D eigenvalue weighted by molar-refractivity contribution is 6.06. The zero-order chi connectivity index (χ0) is 19.8. The molecule has 0 atom stereocenters. The van der Waals surface area contributed by atoms with Crippen molar-refractivity contribution in [1.29, 1.82) is 0 Å². The first kappa shape index (κ1) is 17.0. The minimum Gasteiger partial charge on any atom is -0.307 e. The molecule has 1 amide bonds. The molecule has 4 aromatic heterocycles. The number of nitrogens with zero attached hydrogens (tertiary/aromatic N) is 5. The molecule has 0 aliphatic rings. The van der Waals surface area contributed by atoms with Crippen molar-refractivity contribution in [3.63, 3.8) is 0 Å². The molecule has 140 valence electrons. The number of aryl methyl sites for hydroxylation is 1. The summed E-state index contributed by atoms with van der Waals surface area (Å²) in [5.41, 5.74) is 4.09. The van der Waals surface area contributed by atoms with Crippen molar-refractivity contribution in [2.24, 2.45) is 7.05 Å². The molecule has 1 aromatic carbocycles. The lowest BCUT2D eigenvalue weighted by Gasteiger charge is -2.07. The number of anilines is 1. The number of pyridine rings is 3. The van der Waals surface area contributed by atoms with Crippen LogP contribution >= 0.6 is 0 Å². The summed E-state index contributed by atoms with van der Waals surface area (Å²) in [6.07, 6.45) is 8.90. The Labute approximate surface area is 166 Å². The van der Waals surface area contributed by atoms with Gasteiger partial charge in [-0.05, 0) is 36.4 Å². The zero-order valence-electron chi connectivity index (χ0n) is 15.6. The van der Waals surface area contributed by atoms with Crippen molar-refractivity contribution < 1.29 is 4.79 Å². The Morgan fingerprint density at radius 2 is 1.83 bits per heavy atom. The number of carbonyl (C=O) groups is 1. The number of aromatic nitrogens is 5. The third kappa shape index (κ3) is 3.29. The van der Waals surface area contributed by atoms with Gasteiger partial charge >= 0.3 is 0 Å². The molecule has 5 rings (SSSR count). The Hall–Kier alpha value is -4.13. The molecular formula is C22H16N6O. The quantitative estimate of drug-likeness (QED) is 0.514. The van der Waals surface area contributed by atoms with Gasteiger partial charge in [0, 0.05) is 53.1 Å². The van der Waals surface area contributed by atoms with Crippen molar-refractivity contribution >= 4 is 33.5 Å². The van der Waals surface area contributed by atoms with E-state index in [0.29, 0.717) is 11.4 Å². The van der Waals surface area contributed by atoms with Crippen molar-refractivity contribution in [1.82, 2.24) is 24.7 Å². The van der Waals surface area contributed by atoms with Gasteiger partial charge in [0.25, 0.3) is 5.91 Å². The Bertz CT molecular complexity index is 1370. The van der Waals surface area contributed by atoms with Crippen LogP contribution in [-0.4, -0.2) is 30.6 Å². The van der Waals surface area contributed by atoms with E-state index in [2.05, 4.69) is 25.4 Å². The maximum atomic E-state index is 12.7. The maximum Gasteiger partial charge on any atom is 0.256 e. The van der Waals surface area contributed by atoms with Gasteiger partial charge in [-0.25, -0.2) is 4.98 Å². The number of hydrogen-bond acceptors (Lipinski definition) is 5. The monoisotopic (exact) mass is 380 g/mol. The van der Waals surface area contributed by atoms with Crippen LogP contribution in [0.5, 0.6) is 0 Å². The van der Waals surface area contributed by atoms with Crippen molar-refractivity contribution in [2.45, 2.75) is 0 Å². The summed E-state index contributed by atoms with van der Waals surface area (Å²) in [5.74, 6) is 0.248. The molecule has 0 aliphatic heterocycles. The second-order valence-corrected chi connectivity index (χ2v) is 6.75. The van der Waals surface area contributed by atoms with Gasteiger partial charge in [-0.2, -0.15) is 5.10 Å². The first-order valence-electron chi connectivity index (χ1n) is 9.07. The molecule has 29 heavy (non-hydrogen) atoms. The Morgan fingerprint density at radius 3 is 2.69 bits per heavy atom. The molecule has 7 nitrogen and oxygen atoms in total. The second kappa shape index (κ2) is 6.79. The first-order valence-corrected chi connectivity index (χ1v) is 9.07. The zero-order valence-corrected chi connectivity index (χ0v) is 15.6. The Kier molecular flexibility index (Phi) is 3.98. The number of nitrogens with one attached hydrogen (secondary N) is 1. The number of fused-ring (bicyclic) bond motifs is 2. The van der Waals surface area contributed by atoms with Crippen LogP contribution in [0.3, 0.4) is 0 Å². The van der Waals surface area contributed by atoms with Crippen LogP contribution in [0.15, 0.2) is 73.4 Å². The van der Waals surface area contributed by atoms with E-state index >= 15 is 0 Å². The average Bonchev–Trinajstić information content (AvgIpc) is 3.19. The van der Waals surface area contributed by atoms with Crippen LogP contribution in [0.4, 0.5) is 5.82 Å². The predicted molar refractivity (Wildman–Crippen MR) is 111 cm³/mol. The van der Waals surface area contributed by atoms with Gasteiger partial charge in [0.15, 0.2) is 0 Å². The summed E-state index contributed by atoms with van der Waals surface area (Å²) >= 11 is 0. The predicted octanol–water partition coefficient (Wildman–Crippen LogP) is 3.83. The van der Waals surface area contributed by atoms with Crippen LogP contribution in [0.2, 0.25) is 0 Å². The minimum absolute atomic E-state index is 0.223. The fourth-order valence-electron chi connectivity index (χ4n) is 3.23. The topological polar surface area (TPSA) is 85.6 Å². The highest BCUT2D eigenvalue weighted by Gasteiger charge is 2.10. The van der Waals surface area contributed by atoms with Crippen molar-refractivity contribution in [3.8, 4) is 11.1 Å². The molecule has 0 saturated carbocycles. The van der Waals surface area contributed by atoms with E-state index < -0.39 is 0 Å². The van der Waals surface area contributed by atoms with Gasteiger partial charge in [0.2, 0.25) is 0 Å². The lowest BCUT2D eigenvalue weighted by atomic mass is 10.1. The van der Waals surface area contributed by atoms with Crippen LogP contribution in [-0.2, 0) is 7.05 Å². The normalized spacial score (nSPS) is 11.1. The van der Waals surface area contributed by atoms with Crippen molar-refractivity contribution in [2.75, 3.05) is 5.32 Å². The van der Waals surface area contributed by atoms with Crippen LogP contribution < -0.4 is 5.32 Å². The summed E-state index contributed by atoms with van der Waals surface area (Å²) in [6.45, 7) is 0. The molecule has 5 aromatic rings. The lowest BCUT2D eigenvalue weighted by molar-refractivity contribution is 0.102. The SMILES string of the molecule is Cn1cc(-c2cnc3cnc(NC(=O)c4ccc5ncccc5c4)cc3c2)cn1. The number of carbonyl (C=O) groups excluding carboxylic acids is 1. The Balaban J connectivity index is 1.45.